The summed E-state index contributed by atoms with van der Waals surface area (Å²) in [6.07, 6.45) is 0. The molecule has 0 aliphatic carbocycles. The van der Waals surface area contributed by atoms with Crippen molar-refractivity contribution in [3.05, 3.63) is 29.6 Å². The van der Waals surface area contributed by atoms with Gasteiger partial charge in [-0.25, -0.2) is 4.39 Å². The van der Waals surface area contributed by atoms with Crippen LogP contribution in [0.1, 0.15) is 12.5 Å². The first kappa shape index (κ1) is 13.0. The van der Waals surface area contributed by atoms with E-state index in [-0.39, 0.29) is 17.8 Å². The zero-order valence-electron chi connectivity index (χ0n) is 9.74. The molecule has 1 aromatic carbocycles. The Balaban J connectivity index is 2.79. The van der Waals surface area contributed by atoms with Crippen LogP contribution in [0.15, 0.2) is 18.2 Å². The minimum Gasteiger partial charge on any atom is -0.465 e. The summed E-state index contributed by atoms with van der Waals surface area (Å²) >= 11 is 0. The van der Waals surface area contributed by atoms with Gasteiger partial charge in [-0.1, -0.05) is 0 Å². The summed E-state index contributed by atoms with van der Waals surface area (Å²) in [5.41, 5.74) is 0.507. The molecule has 1 rings (SSSR count). The molecule has 90 valence electrons. The van der Waals surface area contributed by atoms with Crippen LogP contribution in [0.4, 0.5) is 10.1 Å². The Labute approximate surface area is 99.2 Å². The van der Waals surface area contributed by atoms with Gasteiger partial charge in [0.1, 0.15) is 12.4 Å². The number of ether oxygens (including phenoxy) is 1. The van der Waals surface area contributed by atoms with Gasteiger partial charge in [0.25, 0.3) is 0 Å². The van der Waals surface area contributed by atoms with Crippen LogP contribution in [0, 0.1) is 17.1 Å². The Morgan fingerprint density at radius 1 is 1.59 bits per heavy atom. The van der Waals surface area contributed by atoms with Crippen molar-refractivity contribution < 1.29 is 13.9 Å². The number of nitrogens with zero attached hydrogens (tertiary/aromatic N) is 2. The summed E-state index contributed by atoms with van der Waals surface area (Å²) < 4.78 is 18.3. The van der Waals surface area contributed by atoms with Crippen LogP contribution in [0.5, 0.6) is 0 Å². The van der Waals surface area contributed by atoms with Crippen LogP contribution < -0.4 is 4.90 Å². The van der Waals surface area contributed by atoms with Crippen LogP contribution >= 0.6 is 0 Å². The number of carbonyl (C=O) groups excluding carboxylic acids is 1. The Kier molecular flexibility index (Phi) is 4.46. The third kappa shape index (κ3) is 3.45. The second kappa shape index (κ2) is 5.85. The molecule has 17 heavy (non-hydrogen) atoms. The monoisotopic (exact) mass is 236 g/mol. The average Bonchev–Trinajstić information content (AvgIpc) is 2.28. The van der Waals surface area contributed by atoms with Crippen LogP contribution in [0.2, 0.25) is 0 Å². The molecule has 5 heteroatoms. The zero-order chi connectivity index (χ0) is 12.8. The lowest BCUT2D eigenvalue weighted by Gasteiger charge is -2.18. The maximum absolute atomic E-state index is 13.6. The van der Waals surface area contributed by atoms with Gasteiger partial charge in [0.15, 0.2) is 0 Å². The number of rotatable bonds is 4. The minimum absolute atomic E-state index is 0.0311. The smallest absolute Gasteiger partial charge is 0.325 e. The Hall–Kier alpha value is -2.09. The summed E-state index contributed by atoms with van der Waals surface area (Å²) in [7, 11) is 1.58. The topological polar surface area (TPSA) is 53.3 Å². The quantitative estimate of drug-likeness (QED) is 0.746. The predicted octanol–water partition coefficient (Wildman–Crippen LogP) is 1.70. The fourth-order valence-electron chi connectivity index (χ4n) is 1.37. The van der Waals surface area contributed by atoms with Gasteiger partial charge < -0.3 is 9.64 Å². The number of likely N-dealkylation sites (N-methyl/N-ethyl adjacent to an activating group) is 1. The molecule has 0 heterocycles. The molecule has 0 unspecified atom stereocenters. The molecule has 0 radical (unpaired) electrons. The third-order valence-electron chi connectivity index (χ3n) is 2.16. The van der Waals surface area contributed by atoms with Gasteiger partial charge in [0.05, 0.1) is 23.9 Å². The molecule has 0 amide bonds. The number of esters is 1. The standard InChI is InChI=1S/C12H13FN2O2/c1-3-17-12(16)8-15(2)11-5-4-9(7-14)6-10(11)13/h4-6H,3,8H2,1-2H3. The van der Waals surface area contributed by atoms with Gasteiger partial charge >= 0.3 is 5.97 Å². The highest BCUT2D eigenvalue weighted by atomic mass is 19.1. The fraction of sp³-hybridized carbons (Fsp3) is 0.333. The van der Waals surface area contributed by atoms with Crippen molar-refractivity contribution in [2.24, 2.45) is 0 Å². The second-order valence-corrected chi connectivity index (χ2v) is 3.44. The van der Waals surface area contributed by atoms with Crippen molar-refractivity contribution in [3.63, 3.8) is 0 Å². The van der Waals surface area contributed by atoms with Crippen LogP contribution in [0.3, 0.4) is 0 Å². The molecule has 0 saturated carbocycles. The second-order valence-electron chi connectivity index (χ2n) is 3.44. The van der Waals surface area contributed by atoms with Crippen molar-refractivity contribution in [2.45, 2.75) is 6.92 Å². The minimum atomic E-state index is -0.532. The van der Waals surface area contributed by atoms with Crippen LogP contribution in [0.25, 0.3) is 0 Å². The molecule has 0 aromatic heterocycles. The van der Waals surface area contributed by atoms with E-state index in [4.69, 9.17) is 10.00 Å². The summed E-state index contributed by atoms with van der Waals surface area (Å²) in [5, 5.41) is 8.60. The maximum Gasteiger partial charge on any atom is 0.325 e. The molecule has 4 nitrogen and oxygen atoms in total. The number of hydrogen-bond donors (Lipinski definition) is 0. The van der Waals surface area contributed by atoms with E-state index in [0.29, 0.717) is 6.61 Å². The van der Waals surface area contributed by atoms with Crippen molar-refractivity contribution >= 4 is 11.7 Å². The molecule has 1 aromatic rings. The number of halogens is 1. The normalized spacial score (nSPS) is 9.53. The third-order valence-corrected chi connectivity index (χ3v) is 2.16. The van der Waals surface area contributed by atoms with E-state index < -0.39 is 11.8 Å². The molecule has 0 saturated heterocycles. The first-order valence-corrected chi connectivity index (χ1v) is 5.15. The van der Waals surface area contributed by atoms with E-state index in [0.717, 1.165) is 6.07 Å². The number of hydrogen-bond acceptors (Lipinski definition) is 4. The summed E-state index contributed by atoms with van der Waals surface area (Å²) in [6, 6.07) is 5.95. The van der Waals surface area contributed by atoms with E-state index >= 15 is 0 Å². The van der Waals surface area contributed by atoms with Crippen molar-refractivity contribution in [1.82, 2.24) is 0 Å². The van der Waals surface area contributed by atoms with Crippen molar-refractivity contribution in [1.29, 1.82) is 5.26 Å². The molecular weight excluding hydrogens is 223 g/mol. The summed E-state index contributed by atoms with van der Waals surface area (Å²) in [4.78, 5) is 12.7. The summed E-state index contributed by atoms with van der Waals surface area (Å²) in [6.45, 7) is 1.97. The highest BCUT2D eigenvalue weighted by Crippen LogP contribution is 2.18. The molecule has 0 atom stereocenters. The van der Waals surface area contributed by atoms with Gasteiger partial charge in [-0.3, -0.25) is 4.79 Å². The first-order chi connectivity index (χ1) is 8.08. The number of nitriles is 1. The van der Waals surface area contributed by atoms with Gasteiger partial charge in [-0.2, -0.15) is 5.26 Å². The fourth-order valence-corrected chi connectivity index (χ4v) is 1.37. The Morgan fingerprint density at radius 3 is 2.82 bits per heavy atom. The molecule has 0 bridgehead atoms. The van der Waals surface area contributed by atoms with Gasteiger partial charge in [-0.05, 0) is 25.1 Å². The van der Waals surface area contributed by atoms with Gasteiger partial charge in [0.2, 0.25) is 0 Å². The lowest BCUT2D eigenvalue weighted by molar-refractivity contribution is -0.141. The molecule has 0 spiro atoms. The number of anilines is 1. The molecule has 0 aliphatic heterocycles. The Morgan fingerprint density at radius 2 is 2.29 bits per heavy atom. The van der Waals surface area contributed by atoms with E-state index in [1.807, 2.05) is 6.07 Å². The maximum atomic E-state index is 13.6. The lowest BCUT2D eigenvalue weighted by atomic mass is 10.2. The highest BCUT2D eigenvalue weighted by Gasteiger charge is 2.12. The van der Waals surface area contributed by atoms with Crippen LogP contribution in [-0.4, -0.2) is 26.2 Å². The predicted molar refractivity (Wildman–Crippen MR) is 61.0 cm³/mol. The van der Waals surface area contributed by atoms with E-state index in [1.165, 1.54) is 17.0 Å². The van der Waals surface area contributed by atoms with Gasteiger partial charge in [-0.15, -0.1) is 0 Å². The van der Waals surface area contributed by atoms with E-state index in [9.17, 15) is 9.18 Å². The first-order valence-electron chi connectivity index (χ1n) is 5.15. The molecular formula is C12H13FN2O2. The summed E-state index contributed by atoms with van der Waals surface area (Å²) in [5.74, 6) is -0.949. The largest absolute Gasteiger partial charge is 0.465 e. The van der Waals surface area contributed by atoms with Crippen LogP contribution in [-0.2, 0) is 9.53 Å². The molecule has 0 fully saturated rings. The SMILES string of the molecule is CCOC(=O)CN(C)c1ccc(C#N)cc1F. The number of carbonyl (C=O) groups is 1. The lowest BCUT2D eigenvalue weighted by Crippen LogP contribution is -2.27. The number of benzene rings is 1. The van der Waals surface area contributed by atoms with E-state index in [1.54, 1.807) is 14.0 Å². The average molecular weight is 236 g/mol. The highest BCUT2D eigenvalue weighted by molar-refractivity contribution is 5.75. The molecule has 0 N–H and O–H groups in total. The zero-order valence-corrected chi connectivity index (χ0v) is 9.74. The van der Waals surface area contributed by atoms with Gasteiger partial charge in [0, 0.05) is 7.05 Å². The van der Waals surface area contributed by atoms with E-state index in [2.05, 4.69) is 0 Å². The van der Waals surface area contributed by atoms with Crippen molar-refractivity contribution in [2.75, 3.05) is 25.1 Å². The molecule has 0 aliphatic rings. The van der Waals surface area contributed by atoms with Crippen molar-refractivity contribution in [3.8, 4) is 6.07 Å². The Bertz CT molecular complexity index is 454.